The van der Waals surface area contributed by atoms with Gasteiger partial charge in [0.1, 0.15) is 16.4 Å². The van der Waals surface area contributed by atoms with Crippen molar-refractivity contribution < 1.29 is 29.0 Å². The van der Waals surface area contributed by atoms with E-state index in [1.165, 1.54) is 18.2 Å². The molecule has 180 valence electrons. The summed E-state index contributed by atoms with van der Waals surface area (Å²) in [6.07, 6.45) is 3.08. The molecule has 3 heterocycles. The molecule has 1 N–H and O–H groups in total. The quantitative estimate of drug-likeness (QED) is 0.237. The third kappa shape index (κ3) is 4.28. The highest BCUT2D eigenvalue weighted by Crippen LogP contribution is 2.44. The number of nitrogens with zero attached hydrogens (tertiary/aromatic N) is 3. The van der Waals surface area contributed by atoms with E-state index in [0.29, 0.717) is 22.6 Å². The Bertz CT molecular complexity index is 1350. The highest BCUT2D eigenvalue weighted by atomic mass is 32.1. The molecule has 1 aliphatic heterocycles. The number of hydrogen-bond donors (Lipinski definition) is 1. The Morgan fingerprint density at radius 1 is 1.23 bits per heavy atom. The summed E-state index contributed by atoms with van der Waals surface area (Å²) in [5.74, 6) is -2.00. The van der Waals surface area contributed by atoms with Crippen LogP contribution in [0.2, 0.25) is 0 Å². The number of carbonyl (C=O) groups excluding carboxylic acids is 3. The number of aliphatic hydroxyl groups excluding tert-OH is 1. The normalized spacial score (nSPS) is 17.0. The molecule has 35 heavy (non-hydrogen) atoms. The van der Waals surface area contributed by atoms with Crippen LogP contribution in [0.25, 0.3) is 5.76 Å². The van der Waals surface area contributed by atoms with Gasteiger partial charge in [0.2, 0.25) is 0 Å². The third-order valence-corrected chi connectivity index (χ3v) is 6.70. The van der Waals surface area contributed by atoms with Gasteiger partial charge in [0.15, 0.2) is 5.13 Å². The lowest BCUT2D eigenvalue weighted by Crippen LogP contribution is -2.29. The number of aromatic nitrogens is 2. The Balaban J connectivity index is 1.89. The van der Waals surface area contributed by atoms with Gasteiger partial charge in [0.05, 0.1) is 31.0 Å². The average Bonchev–Trinajstić information content (AvgIpc) is 3.36. The van der Waals surface area contributed by atoms with Crippen molar-refractivity contribution in [3.63, 3.8) is 0 Å². The molecule has 0 bridgehead atoms. The number of thiazole rings is 1. The van der Waals surface area contributed by atoms with Crippen molar-refractivity contribution in [3.05, 3.63) is 75.6 Å². The molecule has 1 saturated heterocycles. The Kier molecular flexibility index (Phi) is 6.65. The van der Waals surface area contributed by atoms with Gasteiger partial charge >= 0.3 is 11.9 Å². The van der Waals surface area contributed by atoms with Crippen LogP contribution in [0, 0.1) is 13.8 Å². The molecular formula is C25H23N3O6S. The number of rotatable bonds is 6. The van der Waals surface area contributed by atoms with Crippen LogP contribution in [0.5, 0.6) is 5.75 Å². The van der Waals surface area contributed by atoms with Gasteiger partial charge in [-0.2, -0.15) is 0 Å². The van der Waals surface area contributed by atoms with Gasteiger partial charge in [0, 0.05) is 18.0 Å². The molecule has 9 nitrogen and oxygen atoms in total. The van der Waals surface area contributed by atoms with Crippen molar-refractivity contribution in [1.29, 1.82) is 0 Å². The summed E-state index contributed by atoms with van der Waals surface area (Å²) in [7, 11) is 1.54. The zero-order chi connectivity index (χ0) is 25.3. The molecule has 1 aliphatic rings. The second-order valence-electron chi connectivity index (χ2n) is 7.77. The molecule has 1 unspecified atom stereocenters. The van der Waals surface area contributed by atoms with E-state index in [-0.39, 0.29) is 27.9 Å². The fraction of sp³-hybridized carbons (Fsp3) is 0.240. The van der Waals surface area contributed by atoms with Crippen LogP contribution in [0.3, 0.4) is 0 Å². The number of methoxy groups -OCH3 is 1. The summed E-state index contributed by atoms with van der Waals surface area (Å²) < 4.78 is 10.4. The van der Waals surface area contributed by atoms with Crippen molar-refractivity contribution in [3.8, 4) is 5.75 Å². The minimum absolute atomic E-state index is 0.0990. The van der Waals surface area contributed by atoms with Gasteiger partial charge in [-0.3, -0.25) is 19.5 Å². The van der Waals surface area contributed by atoms with Gasteiger partial charge < -0.3 is 14.6 Å². The number of hydrogen-bond acceptors (Lipinski definition) is 9. The lowest BCUT2D eigenvalue weighted by atomic mass is 9.96. The molecule has 10 heteroatoms. The van der Waals surface area contributed by atoms with E-state index < -0.39 is 23.7 Å². The second-order valence-corrected chi connectivity index (χ2v) is 8.75. The monoisotopic (exact) mass is 493 g/mol. The van der Waals surface area contributed by atoms with Gasteiger partial charge in [-0.1, -0.05) is 17.4 Å². The van der Waals surface area contributed by atoms with Crippen molar-refractivity contribution in [2.45, 2.75) is 26.8 Å². The maximum Gasteiger partial charge on any atom is 0.350 e. The summed E-state index contributed by atoms with van der Waals surface area (Å²) in [4.78, 5) is 48.8. The van der Waals surface area contributed by atoms with Crippen LogP contribution in [-0.2, 0) is 14.3 Å². The molecule has 1 fully saturated rings. The SMILES string of the molecule is CCOC(=O)c1sc(N2C(=O)C(=O)/C(=C(/O)c3ccc(OC)c(C)c3)C2c2cccnc2)nc1C. The summed E-state index contributed by atoms with van der Waals surface area (Å²) in [6.45, 7) is 5.31. The third-order valence-electron chi connectivity index (χ3n) is 5.57. The summed E-state index contributed by atoms with van der Waals surface area (Å²) >= 11 is 0.952. The standard InChI is InChI=1S/C25H23N3O6S/c1-5-34-24(32)22-14(3)27-25(35-22)28-19(16-7-6-10-26-12-16)18(21(30)23(28)31)20(29)15-8-9-17(33-4)13(2)11-15/h6-12,19,29H,5H2,1-4H3/b20-18+. The van der Waals surface area contributed by atoms with Gasteiger partial charge in [-0.05, 0) is 56.2 Å². The van der Waals surface area contributed by atoms with Crippen LogP contribution >= 0.6 is 11.3 Å². The first kappa shape index (κ1) is 24.1. The molecule has 1 aromatic carbocycles. The van der Waals surface area contributed by atoms with Gasteiger partial charge in [0.25, 0.3) is 5.78 Å². The number of benzene rings is 1. The zero-order valence-corrected chi connectivity index (χ0v) is 20.4. The van der Waals surface area contributed by atoms with Gasteiger partial charge in [-0.15, -0.1) is 0 Å². The Labute approximate surface area is 205 Å². The van der Waals surface area contributed by atoms with Crippen LogP contribution < -0.4 is 9.64 Å². The highest BCUT2D eigenvalue weighted by molar-refractivity contribution is 7.17. The predicted molar refractivity (Wildman–Crippen MR) is 130 cm³/mol. The topological polar surface area (TPSA) is 119 Å². The zero-order valence-electron chi connectivity index (χ0n) is 19.6. The summed E-state index contributed by atoms with van der Waals surface area (Å²) in [5.41, 5.74) is 1.89. The number of carbonyl (C=O) groups is 3. The van der Waals surface area contributed by atoms with E-state index in [9.17, 15) is 19.5 Å². The first-order valence-corrected chi connectivity index (χ1v) is 11.6. The molecule has 1 atom stereocenters. The van der Waals surface area contributed by atoms with Crippen LogP contribution in [-0.4, -0.2) is 46.5 Å². The number of esters is 1. The molecule has 3 aromatic rings. The maximum atomic E-state index is 13.3. The molecule has 0 saturated carbocycles. The number of aryl methyl sites for hydroxylation is 2. The van der Waals surface area contributed by atoms with E-state index in [1.54, 1.807) is 50.4 Å². The van der Waals surface area contributed by atoms with Crippen LogP contribution in [0.1, 0.15) is 45.0 Å². The summed E-state index contributed by atoms with van der Waals surface area (Å²) in [6, 6.07) is 7.34. The fourth-order valence-corrected chi connectivity index (χ4v) is 4.92. The number of Topliss-reactive ketones (excluding diaryl/α,β-unsaturated/α-hetero) is 1. The lowest BCUT2D eigenvalue weighted by Gasteiger charge is -2.22. The van der Waals surface area contributed by atoms with Crippen LogP contribution in [0.4, 0.5) is 5.13 Å². The first-order valence-electron chi connectivity index (χ1n) is 10.8. The number of anilines is 1. The van der Waals surface area contributed by atoms with E-state index in [4.69, 9.17) is 9.47 Å². The molecule has 0 spiro atoms. The van der Waals surface area contributed by atoms with Crippen LogP contribution in [0.15, 0.2) is 48.3 Å². The largest absolute Gasteiger partial charge is 0.507 e. The number of ketones is 1. The minimum atomic E-state index is -0.994. The number of amides is 1. The lowest BCUT2D eigenvalue weighted by molar-refractivity contribution is -0.132. The van der Waals surface area contributed by atoms with Gasteiger partial charge in [-0.25, -0.2) is 9.78 Å². The Hall–Kier alpha value is -4.05. The maximum absolute atomic E-state index is 13.3. The molecule has 1 amide bonds. The molecule has 0 aliphatic carbocycles. The number of aliphatic hydroxyl groups is 1. The number of pyridine rings is 1. The highest BCUT2D eigenvalue weighted by Gasteiger charge is 2.48. The number of ether oxygens (including phenoxy) is 2. The molecular weight excluding hydrogens is 470 g/mol. The van der Waals surface area contributed by atoms with Crippen molar-refractivity contribution in [1.82, 2.24) is 9.97 Å². The Morgan fingerprint density at radius 2 is 2.00 bits per heavy atom. The summed E-state index contributed by atoms with van der Waals surface area (Å²) in [5, 5.41) is 11.4. The Morgan fingerprint density at radius 3 is 2.63 bits per heavy atom. The van der Waals surface area contributed by atoms with E-state index >= 15 is 0 Å². The smallest absolute Gasteiger partial charge is 0.350 e. The van der Waals surface area contributed by atoms with Crippen molar-refractivity contribution >= 4 is 39.9 Å². The van der Waals surface area contributed by atoms with Crippen molar-refractivity contribution in [2.24, 2.45) is 0 Å². The predicted octanol–water partition coefficient (Wildman–Crippen LogP) is 3.97. The van der Waals surface area contributed by atoms with E-state index in [0.717, 1.165) is 16.9 Å². The molecule has 0 radical (unpaired) electrons. The first-order chi connectivity index (χ1) is 16.8. The molecule has 2 aromatic heterocycles. The average molecular weight is 494 g/mol. The van der Waals surface area contributed by atoms with Crippen molar-refractivity contribution in [2.75, 3.05) is 18.6 Å². The second kappa shape index (κ2) is 9.67. The van der Waals surface area contributed by atoms with E-state index in [2.05, 4.69) is 9.97 Å². The fourth-order valence-electron chi connectivity index (χ4n) is 3.94. The van der Waals surface area contributed by atoms with E-state index in [1.807, 2.05) is 6.92 Å². The molecule has 4 rings (SSSR count). The minimum Gasteiger partial charge on any atom is -0.507 e.